The SMILES string of the molecule is CC(C)(C(=O)Nc1cc(C(F)(F)F)c[nH]c1=O)c1ccccc1. The highest BCUT2D eigenvalue weighted by molar-refractivity contribution is 5.98. The molecule has 2 aromatic rings. The van der Waals surface area contributed by atoms with Crippen LogP contribution >= 0.6 is 0 Å². The molecule has 0 radical (unpaired) electrons. The van der Waals surface area contributed by atoms with Gasteiger partial charge in [0.15, 0.2) is 0 Å². The largest absolute Gasteiger partial charge is 0.417 e. The second-order valence-corrected chi connectivity index (χ2v) is 5.57. The lowest BCUT2D eigenvalue weighted by Crippen LogP contribution is -2.36. The van der Waals surface area contributed by atoms with E-state index in [2.05, 4.69) is 5.32 Å². The van der Waals surface area contributed by atoms with Crippen molar-refractivity contribution in [3.63, 3.8) is 0 Å². The van der Waals surface area contributed by atoms with Crippen molar-refractivity contribution in [1.82, 2.24) is 4.98 Å². The molecule has 0 saturated heterocycles. The molecular formula is C16H15F3N2O2. The molecule has 0 aliphatic carbocycles. The first-order valence-corrected chi connectivity index (χ1v) is 6.79. The fourth-order valence-corrected chi connectivity index (χ4v) is 2.00. The summed E-state index contributed by atoms with van der Waals surface area (Å²) in [6.45, 7) is 3.25. The molecule has 2 N–H and O–H groups in total. The van der Waals surface area contributed by atoms with Gasteiger partial charge in [-0.1, -0.05) is 30.3 Å². The molecule has 7 heteroatoms. The van der Waals surface area contributed by atoms with Crippen molar-refractivity contribution in [3.8, 4) is 0 Å². The second kappa shape index (κ2) is 5.91. The number of halogens is 3. The van der Waals surface area contributed by atoms with E-state index in [9.17, 15) is 22.8 Å². The van der Waals surface area contributed by atoms with E-state index in [1.165, 1.54) is 0 Å². The summed E-state index contributed by atoms with van der Waals surface area (Å²) >= 11 is 0. The van der Waals surface area contributed by atoms with E-state index in [-0.39, 0.29) is 0 Å². The highest BCUT2D eigenvalue weighted by Crippen LogP contribution is 2.30. The predicted octanol–water partition coefficient (Wildman–Crippen LogP) is 3.31. The molecule has 0 atom stereocenters. The Labute approximate surface area is 130 Å². The van der Waals surface area contributed by atoms with Gasteiger partial charge in [-0.2, -0.15) is 13.2 Å². The molecule has 0 aliphatic rings. The van der Waals surface area contributed by atoms with Gasteiger partial charge in [0.25, 0.3) is 5.56 Å². The van der Waals surface area contributed by atoms with Gasteiger partial charge in [0.1, 0.15) is 5.69 Å². The van der Waals surface area contributed by atoms with Crippen LogP contribution in [-0.4, -0.2) is 10.9 Å². The van der Waals surface area contributed by atoms with Crippen LogP contribution in [-0.2, 0) is 16.4 Å². The summed E-state index contributed by atoms with van der Waals surface area (Å²) in [4.78, 5) is 26.0. The maximum Gasteiger partial charge on any atom is 0.417 e. The zero-order valence-corrected chi connectivity index (χ0v) is 12.5. The van der Waals surface area contributed by atoms with Crippen molar-refractivity contribution in [2.75, 3.05) is 5.32 Å². The van der Waals surface area contributed by atoms with Crippen LogP contribution in [0, 0.1) is 0 Å². The molecule has 1 aromatic carbocycles. The van der Waals surface area contributed by atoms with Crippen LogP contribution in [0.15, 0.2) is 47.4 Å². The zero-order chi connectivity index (χ0) is 17.3. The van der Waals surface area contributed by atoms with Crippen molar-refractivity contribution in [1.29, 1.82) is 0 Å². The van der Waals surface area contributed by atoms with Crippen LogP contribution < -0.4 is 10.9 Å². The van der Waals surface area contributed by atoms with Crippen molar-refractivity contribution in [3.05, 3.63) is 64.1 Å². The minimum Gasteiger partial charge on any atom is -0.327 e. The molecule has 4 nitrogen and oxygen atoms in total. The molecule has 2 rings (SSSR count). The van der Waals surface area contributed by atoms with Crippen molar-refractivity contribution >= 4 is 11.6 Å². The Morgan fingerprint density at radius 1 is 1.09 bits per heavy atom. The molecule has 0 fully saturated rings. The highest BCUT2D eigenvalue weighted by Gasteiger charge is 2.33. The first-order valence-electron chi connectivity index (χ1n) is 6.79. The Hall–Kier alpha value is -2.57. The van der Waals surface area contributed by atoms with E-state index < -0.39 is 34.3 Å². The number of nitrogens with one attached hydrogen (secondary N) is 2. The van der Waals surface area contributed by atoms with E-state index in [1.54, 1.807) is 44.2 Å². The summed E-state index contributed by atoms with van der Waals surface area (Å²) in [6.07, 6.45) is -4.04. The quantitative estimate of drug-likeness (QED) is 0.910. The average molecular weight is 324 g/mol. The maximum atomic E-state index is 12.7. The fraction of sp³-hybridized carbons (Fsp3) is 0.250. The molecule has 0 unspecified atom stereocenters. The number of carbonyl (C=O) groups excluding carboxylic acids is 1. The Balaban J connectivity index is 2.32. The number of hydrogen-bond acceptors (Lipinski definition) is 2. The fourth-order valence-electron chi connectivity index (χ4n) is 2.00. The normalized spacial score (nSPS) is 12.0. The number of pyridine rings is 1. The van der Waals surface area contributed by atoms with Crippen LogP contribution in [0.5, 0.6) is 0 Å². The van der Waals surface area contributed by atoms with E-state index in [0.29, 0.717) is 17.8 Å². The second-order valence-electron chi connectivity index (χ2n) is 5.57. The van der Waals surface area contributed by atoms with Gasteiger partial charge < -0.3 is 10.3 Å². The first kappa shape index (κ1) is 16.8. The number of alkyl halides is 3. The van der Waals surface area contributed by atoms with Gasteiger partial charge in [0.05, 0.1) is 11.0 Å². The minimum atomic E-state index is -4.61. The summed E-state index contributed by atoms with van der Waals surface area (Å²) < 4.78 is 38.1. The third-order valence-corrected chi connectivity index (χ3v) is 3.54. The van der Waals surface area contributed by atoms with Gasteiger partial charge in [-0.25, -0.2) is 0 Å². The number of hydrogen-bond donors (Lipinski definition) is 2. The van der Waals surface area contributed by atoms with Crippen LogP contribution in [0.4, 0.5) is 18.9 Å². The van der Waals surface area contributed by atoms with E-state index in [1.807, 2.05) is 4.98 Å². The van der Waals surface area contributed by atoms with E-state index in [0.717, 1.165) is 0 Å². The van der Waals surface area contributed by atoms with Gasteiger partial charge in [-0.05, 0) is 25.5 Å². The molecular weight excluding hydrogens is 309 g/mol. The number of aromatic amines is 1. The number of anilines is 1. The average Bonchev–Trinajstić information content (AvgIpc) is 2.49. The summed E-state index contributed by atoms with van der Waals surface area (Å²) in [7, 11) is 0. The van der Waals surface area contributed by atoms with E-state index >= 15 is 0 Å². The Bertz CT molecular complexity index is 765. The Kier molecular flexibility index (Phi) is 4.31. The van der Waals surface area contributed by atoms with Crippen molar-refractivity contribution < 1.29 is 18.0 Å². The molecule has 23 heavy (non-hydrogen) atoms. The third kappa shape index (κ3) is 3.61. The van der Waals surface area contributed by atoms with Crippen LogP contribution in [0.3, 0.4) is 0 Å². The van der Waals surface area contributed by atoms with E-state index in [4.69, 9.17) is 0 Å². The smallest absolute Gasteiger partial charge is 0.327 e. The van der Waals surface area contributed by atoms with Gasteiger partial charge in [-0.3, -0.25) is 9.59 Å². The van der Waals surface area contributed by atoms with Crippen molar-refractivity contribution in [2.24, 2.45) is 0 Å². The Morgan fingerprint density at radius 3 is 2.26 bits per heavy atom. The van der Waals surface area contributed by atoms with Crippen LogP contribution in [0.25, 0.3) is 0 Å². The highest BCUT2D eigenvalue weighted by atomic mass is 19.4. The molecule has 0 saturated carbocycles. The number of amides is 1. The molecule has 1 aromatic heterocycles. The minimum absolute atomic E-state index is 0.436. The predicted molar refractivity (Wildman–Crippen MR) is 80.2 cm³/mol. The summed E-state index contributed by atoms with van der Waals surface area (Å²) in [5.74, 6) is -0.575. The number of H-pyrrole nitrogens is 1. The summed E-state index contributed by atoms with van der Waals surface area (Å²) in [5.41, 5.74) is -2.60. The first-order chi connectivity index (χ1) is 10.6. The summed E-state index contributed by atoms with van der Waals surface area (Å²) in [5, 5.41) is 2.28. The van der Waals surface area contributed by atoms with Gasteiger partial charge in [0.2, 0.25) is 5.91 Å². The third-order valence-electron chi connectivity index (χ3n) is 3.54. The van der Waals surface area contributed by atoms with Gasteiger partial charge >= 0.3 is 6.18 Å². The molecule has 0 aliphatic heterocycles. The van der Waals surface area contributed by atoms with Gasteiger partial charge in [0, 0.05) is 6.20 Å². The van der Waals surface area contributed by atoms with Crippen molar-refractivity contribution in [2.45, 2.75) is 25.4 Å². The monoisotopic (exact) mass is 324 g/mol. The van der Waals surface area contributed by atoms with Crippen LogP contribution in [0.1, 0.15) is 25.0 Å². The Morgan fingerprint density at radius 2 is 1.70 bits per heavy atom. The number of carbonyl (C=O) groups is 1. The molecule has 0 bridgehead atoms. The number of rotatable bonds is 3. The number of benzene rings is 1. The zero-order valence-electron chi connectivity index (χ0n) is 12.5. The molecule has 122 valence electrons. The van der Waals surface area contributed by atoms with Crippen LogP contribution in [0.2, 0.25) is 0 Å². The summed E-state index contributed by atoms with van der Waals surface area (Å²) in [6, 6.07) is 9.38. The molecule has 1 heterocycles. The standard InChI is InChI=1S/C16H15F3N2O2/c1-15(2,10-6-4-3-5-7-10)14(23)21-12-8-11(16(17,18)19)9-20-13(12)22/h3-9H,1-2H3,(H,20,22)(H,21,23). The maximum absolute atomic E-state index is 12.7. The molecule has 1 amide bonds. The number of aromatic nitrogens is 1. The molecule has 0 spiro atoms. The lowest BCUT2D eigenvalue weighted by atomic mass is 9.83. The topological polar surface area (TPSA) is 62.0 Å². The van der Waals surface area contributed by atoms with Gasteiger partial charge in [-0.15, -0.1) is 0 Å². The lowest BCUT2D eigenvalue weighted by Gasteiger charge is -2.24. The lowest BCUT2D eigenvalue weighted by molar-refractivity contribution is -0.137.